The van der Waals surface area contributed by atoms with Crippen LogP contribution >= 0.6 is 11.3 Å². The molecule has 1 amide bonds. The van der Waals surface area contributed by atoms with Crippen LogP contribution in [0.5, 0.6) is 5.75 Å². The number of carbonyl (C=O) groups excluding carboxylic acids is 1. The summed E-state index contributed by atoms with van der Waals surface area (Å²) >= 11 is 1.59. The highest BCUT2D eigenvalue weighted by Crippen LogP contribution is 2.32. The van der Waals surface area contributed by atoms with Crippen molar-refractivity contribution in [1.82, 2.24) is 4.98 Å². The molecule has 1 heterocycles. The second-order valence-corrected chi connectivity index (χ2v) is 9.01. The number of nitrogens with one attached hydrogen (secondary N) is 1. The molecule has 0 saturated carbocycles. The summed E-state index contributed by atoms with van der Waals surface area (Å²) in [5, 5.41) is 0.752. The van der Waals surface area contributed by atoms with Crippen molar-refractivity contribution in [3.63, 3.8) is 0 Å². The number of thiazole rings is 1. The van der Waals surface area contributed by atoms with Crippen LogP contribution in [0.25, 0.3) is 10.2 Å². The van der Waals surface area contributed by atoms with E-state index in [1.807, 2.05) is 43.0 Å². The molecular formula is C23H30N3O2S+. The smallest absolute Gasteiger partial charge is 0.260 e. The standard InChI is InChI=1S/C23H29N3O2S/c1-15(2)28-19-9-7-18(8-10-19)22(27)26(12-11-25(5)6)23-24-20-14-16(3)13-17(4)21(20)29-23/h7-10,13-15H,11-12H2,1-6H3/p+1. The highest BCUT2D eigenvalue weighted by molar-refractivity contribution is 7.22. The van der Waals surface area contributed by atoms with Gasteiger partial charge < -0.3 is 9.64 Å². The van der Waals surface area contributed by atoms with E-state index in [0.29, 0.717) is 12.1 Å². The molecule has 0 unspecified atom stereocenters. The fourth-order valence-corrected chi connectivity index (χ4v) is 4.24. The number of benzene rings is 2. The van der Waals surface area contributed by atoms with Gasteiger partial charge in [-0.3, -0.25) is 9.69 Å². The number of ether oxygens (including phenoxy) is 1. The third-order valence-corrected chi connectivity index (χ3v) is 5.82. The van der Waals surface area contributed by atoms with Crippen molar-refractivity contribution in [1.29, 1.82) is 0 Å². The number of rotatable bonds is 7. The lowest BCUT2D eigenvalue weighted by molar-refractivity contribution is -0.856. The number of likely N-dealkylation sites (N-methyl/N-ethyl adjacent to an activating group) is 1. The van der Waals surface area contributed by atoms with Crippen LogP contribution in [0.3, 0.4) is 0 Å². The number of aromatic nitrogens is 1. The summed E-state index contributed by atoms with van der Waals surface area (Å²) in [6, 6.07) is 11.6. The van der Waals surface area contributed by atoms with E-state index >= 15 is 0 Å². The first-order valence-corrected chi connectivity index (χ1v) is 10.8. The maximum atomic E-state index is 13.4. The van der Waals surface area contributed by atoms with Gasteiger partial charge in [0.05, 0.1) is 43.5 Å². The summed E-state index contributed by atoms with van der Waals surface area (Å²) in [4.78, 5) is 21.3. The minimum atomic E-state index is -0.0317. The lowest BCUT2D eigenvalue weighted by Gasteiger charge is -2.21. The van der Waals surface area contributed by atoms with E-state index in [9.17, 15) is 4.79 Å². The van der Waals surface area contributed by atoms with Crippen LogP contribution in [-0.2, 0) is 0 Å². The van der Waals surface area contributed by atoms with E-state index in [0.717, 1.165) is 27.6 Å². The highest BCUT2D eigenvalue weighted by Gasteiger charge is 2.23. The second-order valence-electron chi connectivity index (χ2n) is 8.03. The first kappa shape index (κ1) is 21.3. The molecule has 0 spiro atoms. The van der Waals surface area contributed by atoms with E-state index in [4.69, 9.17) is 9.72 Å². The van der Waals surface area contributed by atoms with Gasteiger partial charge in [-0.2, -0.15) is 0 Å². The van der Waals surface area contributed by atoms with Gasteiger partial charge in [-0.1, -0.05) is 17.4 Å². The Kier molecular flexibility index (Phi) is 6.55. The van der Waals surface area contributed by atoms with E-state index < -0.39 is 0 Å². The molecule has 0 atom stereocenters. The fourth-order valence-electron chi connectivity index (χ4n) is 3.20. The molecule has 0 bridgehead atoms. The molecule has 0 aliphatic heterocycles. The number of anilines is 1. The van der Waals surface area contributed by atoms with Crippen molar-refractivity contribution < 1.29 is 14.4 Å². The molecule has 1 aromatic heterocycles. The largest absolute Gasteiger partial charge is 0.491 e. The second kappa shape index (κ2) is 8.93. The zero-order valence-corrected chi connectivity index (χ0v) is 18.9. The zero-order valence-electron chi connectivity index (χ0n) is 18.1. The average Bonchev–Trinajstić information content (AvgIpc) is 3.05. The lowest BCUT2D eigenvalue weighted by atomic mass is 10.1. The van der Waals surface area contributed by atoms with Gasteiger partial charge in [-0.05, 0) is 69.2 Å². The summed E-state index contributed by atoms with van der Waals surface area (Å²) in [7, 11) is 4.18. The number of hydrogen-bond acceptors (Lipinski definition) is 4. The van der Waals surface area contributed by atoms with Gasteiger partial charge in [0, 0.05) is 5.56 Å². The maximum Gasteiger partial charge on any atom is 0.260 e. The number of nitrogens with zero attached hydrogens (tertiary/aromatic N) is 2. The Morgan fingerprint density at radius 1 is 1.17 bits per heavy atom. The predicted molar refractivity (Wildman–Crippen MR) is 121 cm³/mol. The number of quaternary nitrogens is 1. The zero-order chi connectivity index (χ0) is 21.1. The SMILES string of the molecule is Cc1cc(C)c2sc(N(CC[NH+](C)C)C(=O)c3ccc(OC(C)C)cc3)nc2c1. The molecule has 3 aromatic rings. The van der Waals surface area contributed by atoms with Gasteiger partial charge in [0.2, 0.25) is 0 Å². The highest BCUT2D eigenvalue weighted by atomic mass is 32.1. The minimum absolute atomic E-state index is 0.0317. The topological polar surface area (TPSA) is 46.9 Å². The minimum Gasteiger partial charge on any atom is -0.491 e. The number of hydrogen-bond donors (Lipinski definition) is 1. The summed E-state index contributed by atoms with van der Waals surface area (Å²) < 4.78 is 6.84. The Morgan fingerprint density at radius 3 is 2.48 bits per heavy atom. The summed E-state index contributed by atoms with van der Waals surface area (Å²) in [6.07, 6.45) is 0.102. The molecule has 5 nitrogen and oxygen atoms in total. The van der Waals surface area contributed by atoms with Crippen molar-refractivity contribution in [2.75, 3.05) is 32.1 Å². The van der Waals surface area contributed by atoms with Crippen LogP contribution in [0.2, 0.25) is 0 Å². The van der Waals surface area contributed by atoms with E-state index in [2.05, 4.69) is 40.1 Å². The van der Waals surface area contributed by atoms with Crippen LogP contribution in [0.4, 0.5) is 5.13 Å². The van der Waals surface area contributed by atoms with Crippen LogP contribution in [0.1, 0.15) is 35.3 Å². The quantitative estimate of drug-likeness (QED) is 0.646. The van der Waals surface area contributed by atoms with Gasteiger partial charge in [-0.25, -0.2) is 4.98 Å². The number of carbonyl (C=O) groups is 1. The van der Waals surface area contributed by atoms with Crippen LogP contribution in [0, 0.1) is 13.8 Å². The Bertz CT molecular complexity index is 993. The Labute approximate surface area is 176 Å². The van der Waals surface area contributed by atoms with E-state index in [1.165, 1.54) is 16.0 Å². The third-order valence-electron chi connectivity index (χ3n) is 4.59. The first-order valence-electron chi connectivity index (χ1n) is 10.00. The van der Waals surface area contributed by atoms with Gasteiger partial charge in [0.1, 0.15) is 5.75 Å². The fraction of sp³-hybridized carbons (Fsp3) is 0.391. The molecule has 3 rings (SSSR count). The first-order chi connectivity index (χ1) is 13.7. The molecule has 154 valence electrons. The maximum absolute atomic E-state index is 13.4. The van der Waals surface area contributed by atoms with Crippen LogP contribution < -0.4 is 14.5 Å². The molecule has 0 aliphatic carbocycles. The normalized spacial score (nSPS) is 11.4. The molecule has 6 heteroatoms. The van der Waals surface area contributed by atoms with Crippen LogP contribution in [0.15, 0.2) is 36.4 Å². The van der Waals surface area contributed by atoms with Crippen molar-refractivity contribution in [3.8, 4) is 5.75 Å². The molecule has 0 radical (unpaired) electrons. The third kappa shape index (κ3) is 5.14. The summed E-state index contributed by atoms with van der Waals surface area (Å²) in [5.74, 6) is 0.739. The molecule has 0 aliphatic rings. The van der Waals surface area contributed by atoms with Crippen molar-refractivity contribution in [2.45, 2.75) is 33.8 Å². The Morgan fingerprint density at radius 2 is 1.86 bits per heavy atom. The summed E-state index contributed by atoms with van der Waals surface area (Å²) in [5.41, 5.74) is 3.98. The number of aryl methyl sites for hydroxylation is 2. The molecule has 2 aromatic carbocycles. The Balaban J connectivity index is 1.94. The Hall–Kier alpha value is -2.44. The molecule has 29 heavy (non-hydrogen) atoms. The van der Waals surface area contributed by atoms with E-state index in [1.54, 1.807) is 11.3 Å². The van der Waals surface area contributed by atoms with Gasteiger partial charge >= 0.3 is 0 Å². The molecule has 1 N–H and O–H groups in total. The van der Waals surface area contributed by atoms with Gasteiger partial charge in [-0.15, -0.1) is 0 Å². The summed E-state index contributed by atoms with van der Waals surface area (Å²) in [6.45, 7) is 9.60. The monoisotopic (exact) mass is 412 g/mol. The van der Waals surface area contributed by atoms with Crippen LogP contribution in [-0.4, -0.2) is 44.2 Å². The number of amides is 1. The molecule has 0 saturated heterocycles. The van der Waals surface area contributed by atoms with Gasteiger partial charge in [0.25, 0.3) is 5.91 Å². The number of fused-ring (bicyclic) bond motifs is 1. The van der Waals surface area contributed by atoms with Gasteiger partial charge in [0.15, 0.2) is 5.13 Å². The predicted octanol–water partition coefficient (Wildman–Crippen LogP) is 3.49. The lowest BCUT2D eigenvalue weighted by Crippen LogP contribution is -3.06. The van der Waals surface area contributed by atoms with E-state index in [-0.39, 0.29) is 12.0 Å². The molecule has 0 fully saturated rings. The molecular weight excluding hydrogens is 382 g/mol. The van der Waals surface area contributed by atoms with Crippen molar-refractivity contribution in [3.05, 3.63) is 53.1 Å². The van der Waals surface area contributed by atoms with Crippen molar-refractivity contribution >= 4 is 32.6 Å². The van der Waals surface area contributed by atoms with Crippen molar-refractivity contribution in [2.24, 2.45) is 0 Å². The average molecular weight is 413 g/mol.